The van der Waals surface area contributed by atoms with E-state index in [0.29, 0.717) is 30.5 Å². The van der Waals surface area contributed by atoms with Crippen molar-refractivity contribution in [3.8, 4) is 17.2 Å². The van der Waals surface area contributed by atoms with Crippen molar-refractivity contribution in [2.24, 2.45) is 5.10 Å². The summed E-state index contributed by atoms with van der Waals surface area (Å²) in [5.74, 6) is 2.01. The lowest BCUT2D eigenvalue weighted by Gasteiger charge is -2.23. The van der Waals surface area contributed by atoms with Crippen LogP contribution in [0.25, 0.3) is 0 Å². The Morgan fingerprint density at radius 2 is 1.65 bits per heavy atom. The molecule has 1 saturated heterocycles. The van der Waals surface area contributed by atoms with Crippen molar-refractivity contribution in [3.05, 3.63) is 17.7 Å². The van der Waals surface area contributed by atoms with Gasteiger partial charge in [-0.25, -0.2) is 0 Å². The molecular formula is C14H20N2O4. The van der Waals surface area contributed by atoms with Crippen molar-refractivity contribution in [1.29, 1.82) is 0 Å². The Hall–Kier alpha value is -1.95. The van der Waals surface area contributed by atoms with Crippen LogP contribution in [0, 0.1) is 0 Å². The zero-order valence-electron chi connectivity index (χ0n) is 12.1. The highest BCUT2D eigenvalue weighted by atomic mass is 16.5. The van der Waals surface area contributed by atoms with E-state index in [9.17, 15) is 0 Å². The fraction of sp³-hybridized carbons (Fsp3) is 0.500. The molecule has 6 heteroatoms. The van der Waals surface area contributed by atoms with Gasteiger partial charge in [-0.15, -0.1) is 0 Å². The fourth-order valence-electron chi connectivity index (χ4n) is 1.97. The van der Waals surface area contributed by atoms with E-state index in [2.05, 4.69) is 5.10 Å². The molecule has 1 aromatic carbocycles. The maximum Gasteiger partial charge on any atom is 0.135 e. The van der Waals surface area contributed by atoms with E-state index in [4.69, 9.17) is 18.9 Å². The maximum absolute atomic E-state index is 5.38. The number of morpholine rings is 1. The lowest BCUT2D eigenvalue weighted by molar-refractivity contribution is 0.0396. The predicted octanol–water partition coefficient (Wildman–Crippen LogP) is 1.38. The van der Waals surface area contributed by atoms with E-state index >= 15 is 0 Å². The first-order chi connectivity index (χ1) is 9.78. The minimum atomic E-state index is 0.665. The van der Waals surface area contributed by atoms with Crippen LogP contribution >= 0.6 is 0 Å². The predicted molar refractivity (Wildman–Crippen MR) is 76.1 cm³/mol. The number of methoxy groups -OCH3 is 3. The first-order valence-corrected chi connectivity index (χ1v) is 6.45. The third kappa shape index (κ3) is 3.33. The molecule has 20 heavy (non-hydrogen) atoms. The van der Waals surface area contributed by atoms with E-state index in [1.807, 2.05) is 17.1 Å². The van der Waals surface area contributed by atoms with Crippen LogP contribution in [0.3, 0.4) is 0 Å². The van der Waals surface area contributed by atoms with Crippen molar-refractivity contribution in [2.45, 2.75) is 0 Å². The lowest BCUT2D eigenvalue weighted by Crippen LogP contribution is -2.32. The molecule has 1 aliphatic heterocycles. The van der Waals surface area contributed by atoms with Gasteiger partial charge in [0.05, 0.1) is 59.4 Å². The zero-order valence-corrected chi connectivity index (χ0v) is 12.1. The maximum atomic E-state index is 5.38. The van der Waals surface area contributed by atoms with Gasteiger partial charge in [-0.05, 0) is 0 Å². The van der Waals surface area contributed by atoms with Crippen LogP contribution in [0.4, 0.5) is 0 Å². The van der Waals surface area contributed by atoms with Crippen LogP contribution in [-0.2, 0) is 4.74 Å². The van der Waals surface area contributed by atoms with Crippen LogP contribution < -0.4 is 14.2 Å². The minimum absolute atomic E-state index is 0.665. The van der Waals surface area contributed by atoms with Gasteiger partial charge in [0.25, 0.3) is 0 Å². The molecule has 1 aliphatic rings. The number of rotatable bonds is 5. The smallest absolute Gasteiger partial charge is 0.135 e. The first kappa shape index (κ1) is 14.5. The van der Waals surface area contributed by atoms with Crippen molar-refractivity contribution in [1.82, 2.24) is 5.01 Å². The number of benzene rings is 1. The molecule has 0 saturated carbocycles. The van der Waals surface area contributed by atoms with Gasteiger partial charge in [0.1, 0.15) is 17.2 Å². The van der Waals surface area contributed by atoms with Crippen LogP contribution in [0.15, 0.2) is 17.2 Å². The Kier molecular flexibility index (Phi) is 5.06. The molecule has 0 bridgehead atoms. The van der Waals surface area contributed by atoms with Crippen molar-refractivity contribution >= 4 is 6.21 Å². The van der Waals surface area contributed by atoms with Gasteiger partial charge in [0.2, 0.25) is 0 Å². The molecule has 0 spiro atoms. The third-order valence-corrected chi connectivity index (χ3v) is 3.09. The van der Waals surface area contributed by atoms with Gasteiger partial charge in [0, 0.05) is 12.1 Å². The molecular weight excluding hydrogens is 260 g/mol. The average Bonchev–Trinajstić information content (AvgIpc) is 2.52. The van der Waals surface area contributed by atoms with E-state index in [1.165, 1.54) is 0 Å². The second-order valence-corrected chi connectivity index (χ2v) is 4.26. The summed E-state index contributed by atoms with van der Waals surface area (Å²) in [6, 6.07) is 3.62. The molecule has 0 unspecified atom stereocenters. The van der Waals surface area contributed by atoms with Crippen LogP contribution in [0.5, 0.6) is 17.2 Å². The molecule has 6 nitrogen and oxygen atoms in total. The van der Waals surface area contributed by atoms with Crippen LogP contribution in [0.2, 0.25) is 0 Å². The topological polar surface area (TPSA) is 52.5 Å². The fourth-order valence-corrected chi connectivity index (χ4v) is 1.97. The Labute approximate surface area is 118 Å². The SMILES string of the molecule is COc1cc(OC)c(/C=N/N2CCOCC2)c(OC)c1. The first-order valence-electron chi connectivity index (χ1n) is 6.45. The molecule has 0 N–H and O–H groups in total. The highest BCUT2D eigenvalue weighted by molar-refractivity contribution is 5.88. The largest absolute Gasteiger partial charge is 0.496 e. The van der Waals surface area contributed by atoms with E-state index in [1.54, 1.807) is 27.5 Å². The highest BCUT2D eigenvalue weighted by Gasteiger charge is 2.13. The second kappa shape index (κ2) is 7.00. The van der Waals surface area contributed by atoms with Gasteiger partial charge >= 0.3 is 0 Å². The molecule has 2 rings (SSSR count). The van der Waals surface area contributed by atoms with E-state index < -0.39 is 0 Å². The zero-order chi connectivity index (χ0) is 14.4. The summed E-state index contributed by atoms with van der Waals surface area (Å²) in [7, 11) is 4.83. The Morgan fingerprint density at radius 3 is 2.15 bits per heavy atom. The summed E-state index contributed by atoms with van der Waals surface area (Å²) in [4.78, 5) is 0. The summed E-state index contributed by atoms with van der Waals surface area (Å²) >= 11 is 0. The van der Waals surface area contributed by atoms with Crippen LogP contribution in [0.1, 0.15) is 5.56 Å². The number of hydrazone groups is 1. The van der Waals surface area contributed by atoms with Crippen molar-refractivity contribution in [3.63, 3.8) is 0 Å². The molecule has 0 amide bonds. The van der Waals surface area contributed by atoms with E-state index in [0.717, 1.165) is 18.7 Å². The van der Waals surface area contributed by atoms with Crippen LogP contribution in [-0.4, -0.2) is 58.9 Å². The van der Waals surface area contributed by atoms with Gasteiger partial charge in [-0.3, -0.25) is 5.01 Å². The Bertz CT molecular complexity index is 445. The molecule has 0 aromatic heterocycles. The number of hydrogen-bond donors (Lipinski definition) is 0. The van der Waals surface area contributed by atoms with Gasteiger partial charge < -0.3 is 18.9 Å². The molecule has 1 fully saturated rings. The van der Waals surface area contributed by atoms with Gasteiger partial charge in [-0.1, -0.05) is 0 Å². The average molecular weight is 280 g/mol. The normalized spacial score (nSPS) is 15.4. The second-order valence-electron chi connectivity index (χ2n) is 4.26. The molecule has 0 aliphatic carbocycles. The van der Waals surface area contributed by atoms with Crippen molar-refractivity contribution < 1.29 is 18.9 Å². The number of hydrogen-bond acceptors (Lipinski definition) is 6. The quantitative estimate of drug-likeness (QED) is 0.763. The Morgan fingerprint density at radius 1 is 1.05 bits per heavy atom. The summed E-state index contributed by atoms with van der Waals surface area (Å²) in [5, 5.41) is 6.42. The number of nitrogens with zero attached hydrogens (tertiary/aromatic N) is 2. The molecule has 110 valence electrons. The molecule has 1 aromatic rings. The Balaban J connectivity index is 2.26. The third-order valence-electron chi connectivity index (χ3n) is 3.09. The summed E-state index contributed by atoms with van der Waals surface area (Å²) < 4.78 is 21.3. The van der Waals surface area contributed by atoms with Gasteiger partial charge in [-0.2, -0.15) is 5.10 Å². The lowest BCUT2D eigenvalue weighted by atomic mass is 10.2. The highest BCUT2D eigenvalue weighted by Crippen LogP contribution is 2.32. The van der Waals surface area contributed by atoms with E-state index in [-0.39, 0.29) is 0 Å². The molecule has 1 heterocycles. The minimum Gasteiger partial charge on any atom is -0.496 e. The number of ether oxygens (including phenoxy) is 4. The summed E-state index contributed by atoms with van der Waals surface area (Å²) in [6.07, 6.45) is 1.75. The molecule has 0 atom stereocenters. The summed E-state index contributed by atoms with van der Waals surface area (Å²) in [5.41, 5.74) is 0.794. The van der Waals surface area contributed by atoms with Crippen molar-refractivity contribution in [2.75, 3.05) is 47.6 Å². The molecule has 0 radical (unpaired) electrons. The monoisotopic (exact) mass is 280 g/mol. The summed E-state index contributed by atoms with van der Waals surface area (Å²) in [6.45, 7) is 2.98. The van der Waals surface area contributed by atoms with Gasteiger partial charge in [0.15, 0.2) is 0 Å². The standard InChI is InChI=1S/C14H20N2O4/c1-17-11-8-13(18-2)12(14(9-11)19-3)10-15-16-4-6-20-7-5-16/h8-10H,4-7H2,1-3H3/b15-10+.